The van der Waals surface area contributed by atoms with Crippen LogP contribution in [0.25, 0.3) is 0 Å². The van der Waals surface area contributed by atoms with E-state index in [2.05, 4.69) is 0 Å². The fourth-order valence-corrected chi connectivity index (χ4v) is 1.73. The maximum atomic E-state index is 10.8. The standard InChI is InChI=1S/C13H11N3O5/c14-10-6-5-9(7-12(10)16(19)20)8-21-13-4-2-1-3-11(13)15(17)18/h1-7H,8,14H2. The fraction of sp³-hybridized carbons (Fsp3) is 0.0769. The van der Waals surface area contributed by atoms with Gasteiger partial charge in [0.2, 0.25) is 0 Å². The molecule has 21 heavy (non-hydrogen) atoms. The van der Waals surface area contributed by atoms with Gasteiger partial charge in [0.15, 0.2) is 5.75 Å². The number of para-hydroxylation sites is 2. The quantitative estimate of drug-likeness (QED) is 0.513. The SMILES string of the molecule is Nc1ccc(COc2ccccc2[N+](=O)[O-])cc1[N+](=O)[O-]. The Morgan fingerprint density at radius 2 is 1.67 bits per heavy atom. The maximum Gasteiger partial charge on any atom is 0.310 e. The monoisotopic (exact) mass is 289 g/mol. The lowest BCUT2D eigenvalue weighted by Crippen LogP contribution is -2.01. The average Bonchev–Trinajstić information content (AvgIpc) is 2.46. The first-order valence-electron chi connectivity index (χ1n) is 5.88. The third kappa shape index (κ3) is 3.24. The normalized spacial score (nSPS) is 10.1. The molecular formula is C13H11N3O5. The molecule has 0 spiro atoms. The molecule has 0 amide bonds. The van der Waals surface area contributed by atoms with E-state index >= 15 is 0 Å². The maximum absolute atomic E-state index is 10.8. The molecule has 2 N–H and O–H groups in total. The summed E-state index contributed by atoms with van der Waals surface area (Å²) in [5, 5.41) is 21.6. The molecule has 0 saturated heterocycles. The van der Waals surface area contributed by atoms with Gasteiger partial charge in [-0.3, -0.25) is 20.2 Å². The summed E-state index contributed by atoms with van der Waals surface area (Å²) in [6.45, 7) is -0.0357. The Hall–Kier alpha value is -3.16. The number of nitrogens with zero attached hydrogens (tertiary/aromatic N) is 2. The summed E-state index contributed by atoms with van der Waals surface area (Å²) in [4.78, 5) is 20.5. The Morgan fingerprint density at radius 3 is 2.33 bits per heavy atom. The summed E-state index contributed by atoms with van der Waals surface area (Å²) in [6.07, 6.45) is 0. The molecule has 0 fully saturated rings. The summed E-state index contributed by atoms with van der Waals surface area (Å²) < 4.78 is 5.35. The summed E-state index contributed by atoms with van der Waals surface area (Å²) in [5.41, 5.74) is 5.65. The highest BCUT2D eigenvalue weighted by Crippen LogP contribution is 2.28. The Balaban J connectivity index is 2.19. The third-order valence-electron chi connectivity index (χ3n) is 2.75. The molecule has 8 nitrogen and oxygen atoms in total. The predicted octanol–water partition coefficient (Wildman–Crippen LogP) is 2.66. The smallest absolute Gasteiger partial charge is 0.310 e. The molecule has 2 aromatic rings. The van der Waals surface area contributed by atoms with Gasteiger partial charge in [-0.05, 0) is 17.7 Å². The van der Waals surface area contributed by atoms with E-state index in [4.69, 9.17) is 10.5 Å². The molecule has 0 aliphatic heterocycles. The van der Waals surface area contributed by atoms with Gasteiger partial charge in [0.05, 0.1) is 9.85 Å². The minimum atomic E-state index is -0.593. The number of nitrogen functional groups attached to an aromatic ring is 1. The van der Waals surface area contributed by atoms with E-state index in [1.165, 1.54) is 30.3 Å². The van der Waals surface area contributed by atoms with Gasteiger partial charge in [0.25, 0.3) is 5.69 Å². The zero-order chi connectivity index (χ0) is 15.4. The molecule has 2 aromatic carbocycles. The molecule has 0 aliphatic rings. The Labute approximate surface area is 119 Å². The average molecular weight is 289 g/mol. The molecule has 0 saturated carbocycles. The van der Waals surface area contributed by atoms with E-state index in [-0.39, 0.29) is 29.4 Å². The number of rotatable bonds is 5. The fourth-order valence-electron chi connectivity index (χ4n) is 1.73. The summed E-state index contributed by atoms with van der Waals surface area (Å²) in [7, 11) is 0. The van der Waals surface area contributed by atoms with Crippen LogP contribution in [0.5, 0.6) is 5.75 Å². The van der Waals surface area contributed by atoms with Gasteiger partial charge in [0, 0.05) is 12.1 Å². The van der Waals surface area contributed by atoms with Gasteiger partial charge in [-0.2, -0.15) is 0 Å². The lowest BCUT2D eigenvalue weighted by atomic mass is 10.2. The summed E-state index contributed by atoms with van der Waals surface area (Å²) in [6, 6.07) is 10.2. The van der Waals surface area contributed by atoms with Crippen LogP contribution in [0, 0.1) is 20.2 Å². The molecule has 0 atom stereocenters. The number of hydrogen-bond donors (Lipinski definition) is 1. The zero-order valence-electron chi connectivity index (χ0n) is 10.8. The molecule has 0 radical (unpaired) electrons. The van der Waals surface area contributed by atoms with E-state index in [0.717, 1.165) is 0 Å². The van der Waals surface area contributed by atoms with E-state index in [1.54, 1.807) is 12.1 Å². The highest BCUT2D eigenvalue weighted by Gasteiger charge is 2.15. The molecule has 2 rings (SSSR count). The van der Waals surface area contributed by atoms with Crippen LogP contribution in [-0.4, -0.2) is 9.85 Å². The van der Waals surface area contributed by atoms with E-state index in [9.17, 15) is 20.2 Å². The molecule has 0 heterocycles. The first-order chi connectivity index (χ1) is 9.99. The highest BCUT2D eigenvalue weighted by molar-refractivity contribution is 5.59. The van der Waals surface area contributed by atoms with Crippen LogP contribution in [0.15, 0.2) is 42.5 Å². The first-order valence-corrected chi connectivity index (χ1v) is 5.88. The van der Waals surface area contributed by atoms with Gasteiger partial charge in [-0.15, -0.1) is 0 Å². The van der Waals surface area contributed by atoms with Crippen molar-refractivity contribution in [2.75, 3.05) is 5.73 Å². The van der Waals surface area contributed by atoms with Crippen LogP contribution >= 0.6 is 0 Å². The first kappa shape index (κ1) is 14.3. The molecule has 108 valence electrons. The van der Waals surface area contributed by atoms with Crippen molar-refractivity contribution in [2.24, 2.45) is 0 Å². The van der Waals surface area contributed by atoms with Crippen molar-refractivity contribution in [2.45, 2.75) is 6.61 Å². The van der Waals surface area contributed by atoms with Crippen molar-refractivity contribution < 1.29 is 14.6 Å². The second-order valence-corrected chi connectivity index (χ2v) is 4.16. The molecule has 0 aromatic heterocycles. The lowest BCUT2D eigenvalue weighted by molar-refractivity contribution is -0.386. The number of anilines is 1. The number of hydrogen-bond acceptors (Lipinski definition) is 6. The number of nitrogens with two attached hydrogens (primary N) is 1. The Kier molecular flexibility index (Phi) is 3.98. The minimum absolute atomic E-state index is 0.0357. The topological polar surface area (TPSA) is 122 Å². The molecule has 0 aliphatic carbocycles. The second kappa shape index (κ2) is 5.87. The van der Waals surface area contributed by atoms with Crippen molar-refractivity contribution in [3.05, 3.63) is 68.3 Å². The van der Waals surface area contributed by atoms with Crippen LogP contribution in [0.4, 0.5) is 17.1 Å². The molecular weight excluding hydrogens is 278 g/mol. The summed E-state index contributed by atoms with van der Waals surface area (Å²) >= 11 is 0. The van der Waals surface area contributed by atoms with Crippen LogP contribution in [0.1, 0.15) is 5.56 Å². The van der Waals surface area contributed by atoms with E-state index in [0.29, 0.717) is 5.56 Å². The van der Waals surface area contributed by atoms with Crippen molar-refractivity contribution in [3.63, 3.8) is 0 Å². The van der Waals surface area contributed by atoms with Gasteiger partial charge in [-0.1, -0.05) is 18.2 Å². The number of ether oxygens (including phenoxy) is 1. The van der Waals surface area contributed by atoms with Crippen LogP contribution in [0.2, 0.25) is 0 Å². The molecule has 0 bridgehead atoms. The van der Waals surface area contributed by atoms with Crippen LogP contribution in [-0.2, 0) is 6.61 Å². The molecule has 8 heteroatoms. The lowest BCUT2D eigenvalue weighted by Gasteiger charge is -2.07. The Bertz CT molecular complexity index is 702. The minimum Gasteiger partial charge on any atom is -0.482 e. The van der Waals surface area contributed by atoms with Crippen molar-refractivity contribution in [1.29, 1.82) is 0 Å². The highest BCUT2D eigenvalue weighted by atomic mass is 16.6. The van der Waals surface area contributed by atoms with E-state index < -0.39 is 9.85 Å². The van der Waals surface area contributed by atoms with Gasteiger partial charge < -0.3 is 10.5 Å². The van der Waals surface area contributed by atoms with Crippen molar-refractivity contribution >= 4 is 17.1 Å². The summed E-state index contributed by atoms with van der Waals surface area (Å²) in [5.74, 6) is 0.0991. The second-order valence-electron chi connectivity index (χ2n) is 4.16. The van der Waals surface area contributed by atoms with Crippen LogP contribution < -0.4 is 10.5 Å². The van der Waals surface area contributed by atoms with Gasteiger partial charge in [0.1, 0.15) is 12.3 Å². The Morgan fingerprint density at radius 1 is 1.00 bits per heavy atom. The zero-order valence-corrected chi connectivity index (χ0v) is 10.8. The number of benzene rings is 2. The third-order valence-corrected chi connectivity index (χ3v) is 2.75. The number of nitro groups is 2. The van der Waals surface area contributed by atoms with Crippen molar-refractivity contribution in [1.82, 2.24) is 0 Å². The van der Waals surface area contributed by atoms with E-state index in [1.807, 2.05) is 0 Å². The van der Waals surface area contributed by atoms with Crippen LogP contribution in [0.3, 0.4) is 0 Å². The van der Waals surface area contributed by atoms with Gasteiger partial charge in [-0.25, -0.2) is 0 Å². The number of nitro benzene ring substituents is 2. The molecule has 0 unspecified atom stereocenters. The van der Waals surface area contributed by atoms with Crippen molar-refractivity contribution in [3.8, 4) is 5.75 Å². The van der Waals surface area contributed by atoms with Gasteiger partial charge >= 0.3 is 5.69 Å². The predicted molar refractivity (Wildman–Crippen MR) is 74.9 cm³/mol. The largest absolute Gasteiger partial charge is 0.482 e.